The largest absolute Gasteiger partial charge is 0.329 e. The summed E-state index contributed by atoms with van der Waals surface area (Å²) in [6.07, 6.45) is 6.13. The van der Waals surface area contributed by atoms with Crippen LogP contribution in [0, 0.1) is 0 Å². The molecule has 0 radical (unpaired) electrons. The van der Waals surface area contributed by atoms with Crippen LogP contribution >= 0.6 is 0 Å². The van der Waals surface area contributed by atoms with Crippen LogP contribution in [0.1, 0.15) is 6.42 Å². The minimum absolute atomic E-state index is 0.0563. The minimum Gasteiger partial charge on any atom is -0.329 e. The van der Waals surface area contributed by atoms with Crippen LogP contribution in [-0.2, 0) is 16.4 Å². The lowest BCUT2D eigenvalue weighted by Crippen LogP contribution is -2.32. The minimum atomic E-state index is -2.85. The number of aromatic amines is 1. The molecule has 3 heterocycles. The fraction of sp³-hybridized carbons (Fsp3) is 0.333. The van der Waals surface area contributed by atoms with Gasteiger partial charge in [0.05, 0.1) is 41.6 Å². The number of rotatable bonds is 6. The molecule has 1 aliphatic heterocycles. The van der Waals surface area contributed by atoms with Gasteiger partial charge < -0.3 is 9.88 Å². The lowest BCUT2D eigenvalue weighted by atomic mass is 10.1. The molecule has 1 fully saturated rings. The van der Waals surface area contributed by atoms with Crippen LogP contribution in [0.5, 0.6) is 0 Å². The van der Waals surface area contributed by atoms with Crippen LogP contribution in [0.2, 0.25) is 0 Å². The van der Waals surface area contributed by atoms with Crippen molar-refractivity contribution in [2.24, 2.45) is 0 Å². The Morgan fingerprint density at radius 3 is 2.85 bits per heavy atom. The Labute approximate surface area is 152 Å². The van der Waals surface area contributed by atoms with E-state index in [9.17, 15) is 8.42 Å². The van der Waals surface area contributed by atoms with Crippen molar-refractivity contribution in [1.29, 1.82) is 0 Å². The molecule has 0 spiro atoms. The molecule has 4 rings (SSSR count). The van der Waals surface area contributed by atoms with Gasteiger partial charge in [-0.05, 0) is 6.42 Å². The molecule has 8 heteroatoms. The van der Waals surface area contributed by atoms with Gasteiger partial charge in [0.15, 0.2) is 9.84 Å². The fourth-order valence-corrected chi connectivity index (χ4v) is 5.08. The van der Waals surface area contributed by atoms with Gasteiger partial charge in [-0.25, -0.2) is 13.4 Å². The molecule has 0 bridgehead atoms. The molecule has 0 unspecified atom stereocenters. The molecule has 3 aromatic rings. The highest BCUT2D eigenvalue weighted by Gasteiger charge is 2.27. The molecule has 2 N–H and O–H groups in total. The van der Waals surface area contributed by atoms with Crippen molar-refractivity contribution in [3.8, 4) is 22.5 Å². The first-order valence-corrected chi connectivity index (χ1v) is 10.5. The number of imidazole rings is 1. The van der Waals surface area contributed by atoms with Gasteiger partial charge in [-0.3, -0.25) is 5.10 Å². The monoisotopic (exact) mass is 371 g/mol. The maximum atomic E-state index is 11.5. The molecular weight excluding hydrogens is 350 g/mol. The topological polar surface area (TPSA) is 92.7 Å². The molecule has 1 aliphatic rings. The average molecular weight is 371 g/mol. The maximum absolute atomic E-state index is 11.5. The summed E-state index contributed by atoms with van der Waals surface area (Å²) in [6.45, 7) is 1.41. The van der Waals surface area contributed by atoms with Gasteiger partial charge >= 0.3 is 0 Å². The molecule has 0 amide bonds. The summed E-state index contributed by atoms with van der Waals surface area (Å²) in [5, 5.41) is 10.6. The summed E-state index contributed by atoms with van der Waals surface area (Å²) in [5.41, 5.74) is 4.01. The fourth-order valence-electron chi connectivity index (χ4n) is 3.37. The summed E-state index contributed by atoms with van der Waals surface area (Å²) >= 11 is 0. The average Bonchev–Trinajstić information content (AvgIpc) is 3.35. The van der Waals surface area contributed by atoms with Gasteiger partial charge in [-0.2, -0.15) is 5.10 Å². The van der Waals surface area contributed by atoms with E-state index in [1.807, 2.05) is 42.7 Å². The van der Waals surface area contributed by atoms with E-state index >= 15 is 0 Å². The van der Waals surface area contributed by atoms with Gasteiger partial charge in [0.25, 0.3) is 0 Å². The highest BCUT2D eigenvalue weighted by Crippen LogP contribution is 2.29. The third-order valence-electron chi connectivity index (χ3n) is 4.71. The number of hydrogen-bond donors (Lipinski definition) is 2. The first kappa shape index (κ1) is 17.0. The number of benzene rings is 1. The van der Waals surface area contributed by atoms with Crippen molar-refractivity contribution in [2.45, 2.75) is 19.0 Å². The molecular formula is C18H21N5O2S. The van der Waals surface area contributed by atoms with Gasteiger partial charge in [0, 0.05) is 30.3 Å². The number of hydrogen-bond acceptors (Lipinski definition) is 5. The SMILES string of the molecule is O=S1(=O)CC[C@H](NCCn2cncc2-c2cn[nH]c2-c2ccccc2)C1. The molecule has 2 aromatic heterocycles. The van der Waals surface area contributed by atoms with Crippen LogP contribution < -0.4 is 5.32 Å². The zero-order chi connectivity index (χ0) is 18.0. The third-order valence-corrected chi connectivity index (χ3v) is 6.48. The molecule has 1 aromatic carbocycles. The Morgan fingerprint density at radius 1 is 1.23 bits per heavy atom. The molecule has 26 heavy (non-hydrogen) atoms. The quantitative estimate of drug-likeness (QED) is 0.688. The Kier molecular flexibility index (Phi) is 4.60. The van der Waals surface area contributed by atoms with Crippen molar-refractivity contribution in [2.75, 3.05) is 18.1 Å². The number of aromatic nitrogens is 4. The highest BCUT2D eigenvalue weighted by atomic mass is 32.2. The van der Waals surface area contributed by atoms with Crippen molar-refractivity contribution in [3.63, 3.8) is 0 Å². The Balaban J connectivity index is 1.47. The van der Waals surface area contributed by atoms with E-state index in [0.717, 1.165) is 22.5 Å². The lowest BCUT2D eigenvalue weighted by Gasteiger charge is -2.13. The summed E-state index contributed by atoms with van der Waals surface area (Å²) in [4.78, 5) is 4.28. The maximum Gasteiger partial charge on any atom is 0.151 e. The second-order valence-electron chi connectivity index (χ2n) is 6.55. The number of sulfone groups is 1. The van der Waals surface area contributed by atoms with Gasteiger partial charge in [0.1, 0.15) is 0 Å². The van der Waals surface area contributed by atoms with Crippen molar-refractivity contribution in [3.05, 3.63) is 49.1 Å². The smallest absolute Gasteiger partial charge is 0.151 e. The van der Waals surface area contributed by atoms with Crippen LogP contribution in [0.4, 0.5) is 0 Å². The number of nitrogens with one attached hydrogen (secondary N) is 2. The van der Waals surface area contributed by atoms with Gasteiger partial charge in [-0.15, -0.1) is 0 Å². The Bertz CT molecular complexity index is 978. The van der Waals surface area contributed by atoms with Crippen LogP contribution in [-0.4, -0.2) is 52.3 Å². The predicted molar refractivity (Wildman–Crippen MR) is 100 cm³/mol. The standard InChI is InChI=1S/C18H21N5O2S/c24-26(25)9-6-15(12-26)20-7-8-23-13-19-11-17(23)16-10-21-22-18(16)14-4-2-1-3-5-14/h1-5,10-11,13,15,20H,6-9,12H2,(H,21,22)/t15-/m0/s1. The first-order chi connectivity index (χ1) is 12.6. The van der Waals surface area contributed by atoms with E-state index in [-0.39, 0.29) is 17.5 Å². The highest BCUT2D eigenvalue weighted by molar-refractivity contribution is 7.91. The van der Waals surface area contributed by atoms with Gasteiger partial charge in [-0.1, -0.05) is 30.3 Å². The molecule has 7 nitrogen and oxygen atoms in total. The summed E-state index contributed by atoms with van der Waals surface area (Å²) in [6, 6.07) is 10.1. The van der Waals surface area contributed by atoms with E-state index in [1.165, 1.54) is 0 Å². The third kappa shape index (κ3) is 3.56. The van der Waals surface area contributed by atoms with E-state index < -0.39 is 9.84 Å². The number of nitrogens with zero attached hydrogens (tertiary/aromatic N) is 3. The molecule has 136 valence electrons. The normalized spacial score (nSPS) is 19.0. The van der Waals surface area contributed by atoms with E-state index in [1.54, 1.807) is 6.33 Å². The van der Waals surface area contributed by atoms with Gasteiger partial charge in [0.2, 0.25) is 0 Å². The Hall–Kier alpha value is -2.45. The summed E-state index contributed by atoms with van der Waals surface area (Å²) in [7, 11) is -2.85. The van der Waals surface area contributed by atoms with Crippen LogP contribution in [0.3, 0.4) is 0 Å². The zero-order valence-corrected chi connectivity index (χ0v) is 15.1. The zero-order valence-electron chi connectivity index (χ0n) is 14.3. The molecule has 1 saturated heterocycles. The van der Waals surface area contributed by atoms with E-state index in [4.69, 9.17) is 0 Å². The lowest BCUT2D eigenvalue weighted by molar-refractivity contribution is 0.521. The summed E-state index contributed by atoms with van der Waals surface area (Å²) in [5.74, 6) is 0.528. The summed E-state index contributed by atoms with van der Waals surface area (Å²) < 4.78 is 25.2. The Morgan fingerprint density at radius 2 is 2.08 bits per heavy atom. The van der Waals surface area contributed by atoms with Crippen LogP contribution in [0.15, 0.2) is 49.1 Å². The van der Waals surface area contributed by atoms with Crippen molar-refractivity contribution in [1.82, 2.24) is 25.1 Å². The van der Waals surface area contributed by atoms with Crippen molar-refractivity contribution >= 4 is 9.84 Å². The first-order valence-electron chi connectivity index (χ1n) is 8.65. The predicted octanol–water partition coefficient (Wildman–Crippen LogP) is 1.72. The number of H-pyrrole nitrogens is 1. The second kappa shape index (κ2) is 7.05. The molecule has 0 aliphatic carbocycles. The van der Waals surface area contributed by atoms with E-state index in [0.29, 0.717) is 19.5 Å². The molecule has 1 atom stereocenters. The van der Waals surface area contributed by atoms with Crippen molar-refractivity contribution < 1.29 is 8.42 Å². The molecule has 0 saturated carbocycles. The second-order valence-corrected chi connectivity index (χ2v) is 8.78. The van der Waals surface area contributed by atoms with E-state index in [2.05, 4.69) is 25.1 Å². The van der Waals surface area contributed by atoms with Crippen LogP contribution in [0.25, 0.3) is 22.5 Å².